The van der Waals surface area contributed by atoms with Crippen LogP contribution in [-0.2, 0) is 4.79 Å². The normalized spacial score (nSPS) is 12.4. The van der Waals surface area contributed by atoms with Gasteiger partial charge in [-0.05, 0) is 19.8 Å². The van der Waals surface area contributed by atoms with E-state index in [1.807, 2.05) is 11.8 Å². The van der Waals surface area contributed by atoms with E-state index < -0.39 is 0 Å². The first-order valence-electron chi connectivity index (χ1n) is 7.56. The highest BCUT2D eigenvalue weighted by atomic mass is 79.9. The maximum absolute atomic E-state index is 12.0. The van der Waals surface area contributed by atoms with Crippen molar-refractivity contribution in [1.82, 2.24) is 4.90 Å². The van der Waals surface area contributed by atoms with E-state index >= 15 is 0 Å². The van der Waals surface area contributed by atoms with Gasteiger partial charge in [-0.15, -0.1) is 0 Å². The van der Waals surface area contributed by atoms with Gasteiger partial charge in [0.25, 0.3) is 0 Å². The molecule has 1 atom stereocenters. The van der Waals surface area contributed by atoms with E-state index in [0.29, 0.717) is 0 Å². The average molecular weight is 320 g/mol. The lowest BCUT2D eigenvalue weighted by molar-refractivity contribution is -0.130. The van der Waals surface area contributed by atoms with Crippen molar-refractivity contribution in [2.45, 2.75) is 77.0 Å². The predicted molar refractivity (Wildman–Crippen MR) is 83.3 cm³/mol. The second kappa shape index (κ2) is 12.0. The van der Waals surface area contributed by atoms with Crippen molar-refractivity contribution < 1.29 is 4.79 Å². The van der Waals surface area contributed by atoms with Gasteiger partial charge in [0.15, 0.2) is 0 Å². The van der Waals surface area contributed by atoms with Gasteiger partial charge in [0, 0.05) is 13.1 Å². The minimum atomic E-state index is -0.0464. The van der Waals surface area contributed by atoms with Crippen LogP contribution < -0.4 is 0 Å². The van der Waals surface area contributed by atoms with Crippen molar-refractivity contribution >= 4 is 21.8 Å². The molecule has 0 N–H and O–H groups in total. The number of carbonyl (C=O) groups excluding carboxylic acids is 1. The molecule has 0 aromatic rings. The van der Waals surface area contributed by atoms with Crippen LogP contribution >= 0.6 is 15.9 Å². The lowest BCUT2D eigenvalue weighted by atomic mass is 10.1. The molecule has 0 spiro atoms. The van der Waals surface area contributed by atoms with Crippen LogP contribution in [-0.4, -0.2) is 28.7 Å². The molecule has 0 aliphatic rings. The van der Waals surface area contributed by atoms with E-state index in [9.17, 15) is 4.79 Å². The van der Waals surface area contributed by atoms with Gasteiger partial charge in [-0.2, -0.15) is 0 Å². The van der Waals surface area contributed by atoms with Gasteiger partial charge in [0.05, 0.1) is 4.83 Å². The summed E-state index contributed by atoms with van der Waals surface area (Å²) in [6, 6.07) is 0. The minimum Gasteiger partial charge on any atom is -0.342 e. The molecular formula is C15H30BrNO. The van der Waals surface area contributed by atoms with E-state index in [0.717, 1.165) is 25.9 Å². The maximum atomic E-state index is 12.0. The van der Waals surface area contributed by atoms with Gasteiger partial charge in [0.1, 0.15) is 0 Å². The molecule has 1 amide bonds. The molecule has 0 rings (SSSR count). The van der Waals surface area contributed by atoms with E-state index in [1.54, 1.807) is 0 Å². The number of carbonyl (C=O) groups is 1. The molecule has 0 aliphatic carbocycles. The highest BCUT2D eigenvalue weighted by Crippen LogP contribution is 2.10. The van der Waals surface area contributed by atoms with Crippen LogP contribution in [0.15, 0.2) is 0 Å². The number of rotatable bonds is 11. The van der Waals surface area contributed by atoms with Crippen molar-refractivity contribution in [1.29, 1.82) is 0 Å². The average Bonchev–Trinajstić information content (AvgIpc) is 2.36. The number of halogens is 1. The minimum absolute atomic E-state index is 0.0464. The Morgan fingerprint density at radius 3 is 1.72 bits per heavy atom. The number of hydrogen-bond donors (Lipinski definition) is 0. The fourth-order valence-corrected chi connectivity index (χ4v) is 2.33. The molecule has 0 heterocycles. The third kappa shape index (κ3) is 8.96. The van der Waals surface area contributed by atoms with Gasteiger partial charge in [-0.3, -0.25) is 4.79 Å². The molecule has 0 aromatic carbocycles. The summed E-state index contributed by atoms with van der Waals surface area (Å²) in [7, 11) is 0. The Morgan fingerprint density at radius 2 is 1.39 bits per heavy atom. The fourth-order valence-electron chi connectivity index (χ4n) is 2.04. The molecule has 0 aromatic heterocycles. The van der Waals surface area contributed by atoms with E-state index in [1.165, 1.54) is 38.5 Å². The zero-order valence-corrected chi connectivity index (χ0v) is 14.0. The standard InChI is InChI=1S/C15H30BrNO/c1-4-6-8-10-12-17(15(18)14(3)16)13-11-9-7-5-2/h14H,4-13H2,1-3H3. The van der Waals surface area contributed by atoms with E-state index in [2.05, 4.69) is 29.8 Å². The maximum Gasteiger partial charge on any atom is 0.236 e. The lowest BCUT2D eigenvalue weighted by Crippen LogP contribution is -2.37. The van der Waals surface area contributed by atoms with Crippen LogP contribution in [0.5, 0.6) is 0 Å². The number of alkyl halides is 1. The molecule has 1 unspecified atom stereocenters. The van der Waals surface area contributed by atoms with Crippen LogP contribution in [0.2, 0.25) is 0 Å². The number of nitrogens with zero attached hydrogens (tertiary/aromatic N) is 1. The smallest absolute Gasteiger partial charge is 0.236 e. The zero-order valence-electron chi connectivity index (χ0n) is 12.4. The third-order valence-corrected chi connectivity index (χ3v) is 3.61. The number of amides is 1. The van der Waals surface area contributed by atoms with Crippen molar-refractivity contribution in [3.8, 4) is 0 Å². The Balaban J connectivity index is 3.96. The highest BCUT2D eigenvalue weighted by Gasteiger charge is 2.17. The molecule has 0 radical (unpaired) electrons. The second-order valence-electron chi connectivity index (χ2n) is 5.06. The Morgan fingerprint density at radius 1 is 0.944 bits per heavy atom. The van der Waals surface area contributed by atoms with Crippen LogP contribution in [0.3, 0.4) is 0 Å². The topological polar surface area (TPSA) is 20.3 Å². The monoisotopic (exact) mass is 319 g/mol. The molecule has 3 heteroatoms. The number of hydrogen-bond acceptors (Lipinski definition) is 1. The van der Waals surface area contributed by atoms with Crippen molar-refractivity contribution in [2.75, 3.05) is 13.1 Å². The molecule has 0 bridgehead atoms. The summed E-state index contributed by atoms with van der Waals surface area (Å²) >= 11 is 3.39. The second-order valence-corrected chi connectivity index (χ2v) is 6.44. The first-order valence-corrected chi connectivity index (χ1v) is 8.47. The summed E-state index contributed by atoms with van der Waals surface area (Å²) in [5, 5.41) is 0. The SMILES string of the molecule is CCCCCCN(CCCCCC)C(=O)C(C)Br. The first kappa shape index (κ1) is 17.9. The molecule has 108 valence electrons. The van der Waals surface area contributed by atoms with E-state index in [4.69, 9.17) is 0 Å². The van der Waals surface area contributed by atoms with Gasteiger partial charge < -0.3 is 4.90 Å². The van der Waals surface area contributed by atoms with Crippen LogP contribution in [0.25, 0.3) is 0 Å². The molecule has 0 saturated heterocycles. The summed E-state index contributed by atoms with van der Waals surface area (Å²) in [4.78, 5) is 14.0. The van der Waals surface area contributed by atoms with Crippen LogP contribution in [0, 0.1) is 0 Å². The molecular weight excluding hydrogens is 290 g/mol. The van der Waals surface area contributed by atoms with Gasteiger partial charge >= 0.3 is 0 Å². The first-order chi connectivity index (χ1) is 8.63. The third-order valence-electron chi connectivity index (χ3n) is 3.22. The van der Waals surface area contributed by atoms with Crippen molar-refractivity contribution in [2.24, 2.45) is 0 Å². The predicted octanol–water partition coefficient (Wildman–Crippen LogP) is 4.76. The summed E-state index contributed by atoms with van der Waals surface area (Å²) < 4.78 is 0. The van der Waals surface area contributed by atoms with Crippen molar-refractivity contribution in [3.05, 3.63) is 0 Å². The largest absolute Gasteiger partial charge is 0.342 e. The molecule has 0 fully saturated rings. The van der Waals surface area contributed by atoms with Crippen LogP contribution in [0.1, 0.15) is 72.1 Å². The van der Waals surface area contributed by atoms with Crippen molar-refractivity contribution in [3.63, 3.8) is 0 Å². The highest BCUT2D eigenvalue weighted by molar-refractivity contribution is 9.10. The summed E-state index contributed by atoms with van der Waals surface area (Å²) in [6.45, 7) is 8.22. The zero-order chi connectivity index (χ0) is 13.8. The van der Waals surface area contributed by atoms with E-state index in [-0.39, 0.29) is 10.7 Å². The quantitative estimate of drug-likeness (QED) is 0.397. The molecule has 18 heavy (non-hydrogen) atoms. The van der Waals surface area contributed by atoms with Gasteiger partial charge in [0.2, 0.25) is 5.91 Å². The van der Waals surface area contributed by atoms with Crippen LogP contribution in [0.4, 0.5) is 0 Å². The Bertz CT molecular complexity index is 195. The van der Waals surface area contributed by atoms with Gasteiger partial charge in [-0.1, -0.05) is 68.3 Å². The Hall–Kier alpha value is -0.0500. The summed E-state index contributed by atoms with van der Waals surface area (Å²) in [5.74, 6) is 0.253. The molecule has 2 nitrogen and oxygen atoms in total. The Kier molecular flexibility index (Phi) is 12.0. The summed E-state index contributed by atoms with van der Waals surface area (Å²) in [5.41, 5.74) is 0. The van der Waals surface area contributed by atoms with Gasteiger partial charge in [-0.25, -0.2) is 0 Å². The Labute approximate surface area is 122 Å². The molecule has 0 saturated carbocycles. The molecule has 0 aliphatic heterocycles. The number of unbranched alkanes of at least 4 members (excludes halogenated alkanes) is 6. The fraction of sp³-hybridized carbons (Fsp3) is 0.933. The summed E-state index contributed by atoms with van der Waals surface area (Å²) in [6.07, 6.45) is 9.83. The lowest BCUT2D eigenvalue weighted by Gasteiger charge is -2.24.